The van der Waals surface area contributed by atoms with Crippen molar-refractivity contribution in [3.8, 4) is 23.7 Å². The number of ether oxygens (including phenoxy) is 1. The van der Waals surface area contributed by atoms with Crippen LogP contribution in [0.4, 0.5) is 15.3 Å². The summed E-state index contributed by atoms with van der Waals surface area (Å²) in [5.74, 6) is 1.88. The molecule has 3 N–H and O–H groups in total. The van der Waals surface area contributed by atoms with Crippen LogP contribution in [0.3, 0.4) is 0 Å². The zero-order valence-corrected chi connectivity index (χ0v) is 24.8. The number of alkyl halides is 1. The molecule has 6 atom stereocenters. The molecule has 2 aliphatic carbocycles. The summed E-state index contributed by atoms with van der Waals surface area (Å²) in [5, 5.41) is 25.3. The van der Waals surface area contributed by atoms with Crippen molar-refractivity contribution in [3.63, 3.8) is 0 Å². The Labute approximate surface area is 252 Å². The van der Waals surface area contributed by atoms with Gasteiger partial charge in [-0.2, -0.15) is 25.2 Å². The van der Waals surface area contributed by atoms with Gasteiger partial charge in [-0.3, -0.25) is 4.90 Å². The monoisotopic (exact) mass is 607 g/mol. The van der Waals surface area contributed by atoms with Gasteiger partial charge in [-0.05, 0) is 63.8 Å². The zero-order chi connectivity index (χ0) is 29.5. The number of aliphatic hydroxyl groups excluding tert-OH is 1. The molecule has 3 aromatic heterocycles. The first-order valence-corrected chi connectivity index (χ1v) is 16.0. The quantitative estimate of drug-likeness (QED) is 0.422. The second kappa shape index (κ2) is 9.80. The highest BCUT2D eigenvalue weighted by atomic mass is 32.1. The van der Waals surface area contributed by atoms with Crippen LogP contribution >= 0.6 is 11.3 Å². The number of nitrogens with two attached hydrogens (primary N) is 1. The highest BCUT2D eigenvalue weighted by molar-refractivity contribution is 7.16. The first-order valence-electron chi connectivity index (χ1n) is 15.1. The number of nitriles is 1. The van der Waals surface area contributed by atoms with Gasteiger partial charge < -0.3 is 25.0 Å². The van der Waals surface area contributed by atoms with Gasteiger partial charge in [0.2, 0.25) is 23.5 Å². The number of β-amino-alcohol motifs (C(OH)–C–C–N with tert-alkyl or cyclic N) is 1. The highest BCUT2D eigenvalue weighted by Gasteiger charge is 2.50. The molecule has 1 saturated carbocycles. The molecule has 14 heteroatoms. The third kappa shape index (κ3) is 4.38. The highest BCUT2D eigenvalue weighted by Crippen LogP contribution is 2.49. The molecule has 3 aromatic rings. The van der Waals surface area contributed by atoms with Gasteiger partial charge in [-0.25, -0.2) is 4.39 Å². The number of rotatable bonds is 6. The first kappa shape index (κ1) is 27.2. The van der Waals surface area contributed by atoms with E-state index in [0.29, 0.717) is 53.7 Å². The minimum atomic E-state index is -0.866. The molecule has 43 heavy (non-hydrogen) atoms. The van der Waals surface area contributed by atoms with Crippen LogP contribution in [0.5, 0.6) is 6.01 Å². The van der Waals surface area contributed by atoms with Gasteiger partial charge in [0.15, 0.2) is 0 Å². The number of aromatic nitrogens is 5. The number of thiophene rings is 1. The van der Waals surface area contributed by atoms with Crippen molar-refractivity contribution in [2.75, 3.05) is 43.4 Å². The summed E-state index contributed by atoms with van der Waals surface area (Å²) in [6, 6.07) is 2.39. The van der Waals surface area contributed by atoms with Crippen molar-refractivity contribution in [3.05, 3.63) is 21.9 Å². The van der Waals surface area contributed by atoms with E-state index in [1.165, 1.54) is 11.3 Å². The maximum absolute atomic E-state index is 14.4. The van der Waals surface area contributed by atoms with Crippen LogP contribution in [0.2, 0.25) is 0 Å². The number of nitrogen functional groups attached to an aromatic ring is 1. The maximum atomic E-state index is 14.4. The Balaban J connectivity index is 1.14. The van der Waals surface area contributed by atoms with E-state index in [4.69, 9.17) is 25.0 Å². The number of aliphatic hydroxyl groups is 1. The minimum Gasteiger partial charge on any atom is -0.461 e. The van der Waals surface area contributed by atoms with E-state index in [2.05, 4.69) is 26.1 Å². The molecular formula is C29H34FN9O3S. The van der Waals surface area contributed by atoms with Crippen molar-refractivity contribution in [2.24, 2.45) is 11.8 Å². The topological polar surface area (TPSA) is 163 Å². The van der Waals surface area contributed by atoms with Gasteiger partial charge in [0.1, 0.15) is 23.8 Å². The van der Waals surface area contributed by atoms with Gasteiger partial charge >= 0.3 is 6.01 Å². The van der Waals surface area contributed by atoms with E-state index in [0.717, 1.165) is 62.1 Å². The largest absolute Gasteiger partial charge is 0.461 e. The lowest BCUT2D eigenvalue weighted by Gasteiger charge is -2.31. The minimum absolute atomic E-state index is 0.117. The van der Waals surface area contributed by atoms with Gasteiger partial charge in [-0.1, -0.05) is 5.16 Å². The second-order valence-corrected chi connectivity index (χ2v) is 14.2. The van der Waals surface area contributed by atoms with E-state index in [-0.39, 0.29) is 29.8 Å². The number of nitrogens with zero attached hydrogens (tertiary/aromatic N) is 8. The van der Waals surface area contributed by atoms with E-state index in [1.54, 1.807) is 0 Å². The summed E-state index contributed by atoms with van der Waals surface area (Å²) in [6.07, 6.45) is 4.47. The van der Waals surface area contributed by atoms with Crippen LogP contribution in [0, 0.1) is 23.2 Å². The molecule has 1 unspecified atom stereocenters. The van der Waals surface area contributed by atoms with E-state index in [9.17, 15) is 14.8 Å². The second-order valence-electron chi connectivity index (χ2n) is 13.1. The molecule has 0 amide bonds. The van der Waals surface area contributed by atoms with Gasteiger partial charge in [-0.15, -0.1) is 11.3 Å². The molecule has 0 radical (unpaired) electrons. The van der Waals surface area contributed by atoms with Crippen LogP contribution in [0.15, 0.2) is 4.52 Å². The average molecular weight is 608 g/mol. The lowest BCUT2D eigenvalue weighted by Crippen LogP contribution is -2.44. The number of anilines is 2. The average Bonchev–Trinajstić information content (AvgIpc) is 3.27. The third-order valence-corrected chi connectivity index (χ3v) is 11.4. The Morgan fingerprint density at radius 2 is 2.07 bits per heavy atom. The Morgan fingerprint density at radius 1 is 1.19 bits per heavy atom. The number of piperidine rings is 1. The van der Waals surface area contributed by atoms with Crippen molar-refractivity contribution >= 4 is 22.3 Å². The molecule has 0 bridgehead atoms. The fourth-order valence-corrected chi connectivity index (χ4v) is 9.17. The lowest BCUT2D eigenvalue weighted by molar-refractivity contribution is 0.107. The zero-order valence-electron chi connectivity index (χ0n) is 24.0. The van der Waals surface area contributed by atoms with Crippen LogP contribution in [-0.4, -0.2) is 85.7 Å². The summed E-state index contributed by atoms with van der Waals surface area (Å²) in [6.45, 7) is 4.73. The fourth-order valence-electron chi connectivity index (χ4n) is 7.98. The van der Waals surface area contributed by atoms with Crippen LogP contribution in [0.1, 0.15) is 67.3 Å². The molecule has 0 spiro atoms. The maximum Gasteiger partial charge on any atom is 0.321 e. The number of aryl methyl sites for hydroxylation is 1. The summed E-state index contributed by atoms with van der Waals surface area (Å²) in [4.78, 5) is 24.0. The standard InChI is InChI=1S/C29H34FN9O3S/c1-28(5-2-4-20-21(28)18(10-31)22(32)43-20)25-33-24(37-42-25)23-34-26(38-11-15-8-17(15)19(40)13-38)36-27(35-23)41-14-29-6-3-7-39(29)12-16(30)9-29/h15-17,19,40H,2-9,11-14,32H2,1H3/t15-,16+,17?,19+,28-,29-/m0/s1. The molecular weight excluding hydrogens is 573 g/mol. The molecule has 3 aliphatic heterocycles. The Kier molecular flexibility index (Phi) is 6.19. The molecule has 5 aliphatic rings. The van der Waals surface area contributed by atoms with Gasteiger partial charge in [0.05, 0.1) is 22.6 Å². The summed E-state index contributed by atoms with van der Waals surface area (Å²) < 4.78 is 26.5. The fraction of sp³-hybridized carbons (Fsp3) is 0.655. The van der Waals surface area contributed by atoms with Gasteiger partial charge in [0.25, 0.3) is 0 Å². The molecule has 12 nitrogen and oxygen atoms in total. The molecule has 3 saturated heterocycles. The van der Waals surface area contributed by atoms with E-state index < -0.39 is 17.7 Å². The predicted molar refractivity (Wildman–Crippen MR) is 154 cm³/mol. The normalized spacial score (nSPS) is 33.1. The Bertz CT molecular complexity index is 1620. The summed E-state index contributed by atoms with van der Waals surface area (Å²) in [7, 11) is 0. The lowest BCUT2D eigenvalue weighted by atomic mass is 9.72. The number of fused-ring (bicyclic) bond motifs is 3. The number of halogens is 1. The van der Waals surface area contributed by atoms with Crippen molar-refractivity contribution in [2.45, 2.75) is 75.1 Å². The molecule has 0 aromatic carbocycles. The molecule has 4 fully saturated rings. The van der Waals surface area contributed by atoms with Crippen LogP contribution in [-0.2, 0) is 11.8 Å². The molecule has 8 rings (SSSR count). The van der Waals surface area contributed by atoms with Crippen molar-refractivity contribution < 1.29 is 18.8 Å². The van der Waals surface area contributed by atoms with Crippen LogP contribution < -0.4 is 15.4 Å². The SMILES string of the molecule is C[C@]1(c2nc(-c3nc(OC[C@@]45CCCN4C[C@H](F)C5)nc(N4C[C@@H]5CC5[C@H](O)C4)n3)no2)CCCc2sc(N)c(C#N)c21. The Morgan fingerprint density at radius 3 is 2.91 bits per heavy atom. The number of hydrogen-bond acceptors (Lipinski definition) is 13. The predicted octanol–water partition coefficient (Wildman–Crippen LogP) is 2.85. The van der Waals surface area contributed by atoms with E-state index >= 15 is 0 Å². The summed E-state index contributed by atoms with van der Waals surface area (Å²) >= 11 is 1.45. The van der Waals surface area contributed by atoms with E-state index in [1.807, 2.05) is 11.8 Å². The first-order chi connectivity index (χ1) is 20.8. The smallest absolute Gasteiger partial charge is 0.321 e. The summed E-state index contributed by atoms with van der Waals surface area (Å²) in [5.41, 5.74) is 6.51. The van der Waals surface area contributed by atoms with Crippen LogP contribution in [0.25, 0.3) is 11.6 Å². The third-order valence-electron chi connectivity index (χ3n) is 10.3. The number of hydrogen-bond donors (Lipinski definition) is 2. The molecule has 6 heterocycles. The Hall–Kier alpha value is -3.41. The van der Waals surface area contributed by atoms with Crippen molar-refractivity contribution in [1.82, 2.24) is 30.0 Å². The van der Waals surface area contributed by atoms with Crippen molar-refractivity contribution in [1.29, 1.82) is 5.26 Å². The molecule has 226 valence electrons. The van der Waals surface area contributed by atoms with Gasteiger partial charge in [0, 0.05) is 36.5 Å².